The van der Waals surface area contributed by atoms with Crippen LogP contribution in [-0.2, 0) is 10.8 Å². The standard InChI is InChI=1S/C46H44O8P2.C38H46P2/c1-45(2,3)37-27-29(47-7)25-35(43(37)53-55-49-39-21-13-9-17-31(39)32-18-10-14-22-40(32)50-55)36-26-30(48-8)28-38(46(4,5)6)44(36)54-56-51-41-23-15-11-19-33(41)34-20-12-16-24-42(34)52-56;1-25-11-26(2)16-35(15-25)39(36-17-27(3)12-28(4)18-36)23-33-9-10-34(33)24-40(37-19-29(5)13-30(6)20-37)38-21-31(7)14-32(8)22-38/h9-28H,1-8H3;11-22,33-34H,9-10,23-24H2,1-8H3/t;33-,34-/m.0/s1. The Morgan fingerprint density at radius 2 is 0.604 bits per heavy atom. The van der Waals surface area contributed by atoms with Gasteiger partial charge in [-0.15, -0.1) is 0 Å². The fourth-order valence-electron chi connectivity index (χ4n) is 13.5. The number of ether oxygens (including phenoxy) is 2. The van der Waals surface area contributed by atoms with Gasteiger partial charge in [-0.1, -0.05) is 232 Å². The summed E-state index contributed by atoms with van der Waals surface area (Å²) in [6.07, 6.45) is 5.38. The van der Waals surface area contributed by atoms with Crippen LogP contribution < -0.4 is 39.7 Å². The van der Waals surface area contributed by atoms with E-state index in [0.29, 0.717) is 56.5 Å². The zero-order valence-corrected chi connectivity index (χ0v) is 62.1. The molecular weight excluding hydrogens is 1260 g/mol. The molecule has 2 atom stereocenters. The van der Waals surface area contributed by atoms with Crippen molar-refractivity contribution in [2.45, 2.75) is 121 Å². The summed E-state index contributed by atoms with van der Waals surface area (Å²) in [6, 6.07) is 68.6. The Hall–Kier alpha value is -7.94. The van der Waals surface area contributed by atoms with Crippen LogP contribution in [0.2, 0.25) is 0 Å². The quantitative estimate of drug-likeness (QED) is 0.0938. The maximum Gasteiger partial charge on any atom is 0.453 e. The second-order valence-corrected chi connectivity index (χ2v) is 34.8. The molecule has 0 aliphatic heterocycles. The summed E-state index contributed by atoms with van der Waals surface area (Å²) in [5.74, 6) is 4.01. The lowest BCUT2D eigenvalue weighted by Gasteiger charge is -2.41. The maximum atomic E-state index is 7.06. The van der Waals surface area contributed by atoms with Crippen LogP contribution in [0.3, 0.4) is 0 Å². The zero-order chi connectivity index (χ0) is 67.7. The van der Waals surface area contributed by atoms with Gasteiger partial charge in [0, 0.05) is 43.8 Å². The van der Waals surface area contributed by atoms with Gasteiger partial charge in [-0.05, 0) is 189 Å². The minimum absolute atomic E-state index is 0.383. The van der Waals surface area contributed by atoms with Crippen molar-refractivity contribution in [1.29, 1.82) is 0 Å². The van der Waals surface area contributed by atoms with E-state index >= 15 is 0 Å². The Morgan fingerprint density at radius 3 is 0.833 bits per heavy atom. The van der Waals surface area contributed by atoms with Crippen molar-refractivity contribution >= 4 is 97.4 Å². The second-order valence-electron chi connectivity index (χ2n) is 28.3. The number of para-hydroxylation sites is 4. The van der Waals surface area contributed by atoms with Gasteiger partial charge in [-0.25, -0.2) is 0 Å². The minimum Gasteiger partial charge on any atom is -0.497 e. The highest BCUT2D eigenvalue weighted by atomic mass is 31.1. The number of rotatable bonds is 15. The van der Waals surface area contributed by atoms with E-state index in [0.717, 1.165) is 44.5 Å². The van der Waals surface area contributed by atoms with Crippen LogP contribution in [0, 0.1) is 67.2 Å². The Balaban J connectivity index is 0.000000194. The molecule has 0 spiro atoms. The topological polar surface area (TPSA) is 89.5 Å². The van der Waals surface area contributed by atoms with Crippen LogP contribution in [0.1, 0.15) is 110 Å². The van der Waals surface area contributed by atoms with Crippen molar-refractivity contribution < 1.29 is 35.3 Å². The fraction of sp³-hybridized carbons (Fsp3) is 0.286. The Kier molecular flexibility index (Phi) is 20.3. The summed E-state index contributed by atoms with van der Waals surface area (Å²) in [4.78, 5) is 0. The van der Waals surface area contributed by atoms with E-state index in [1.165, 1.54) is 69.7 Å². The summed E-state index contributed by atoms with van der Waals surface area (Å²) in [6.45, 7) is 30.9. The molecule has 96 heavy (non-hydrogen) atoms. The van der Waals surface area contributed by atoms with Gasteiger partial charge in [0.15, 0.2) is 0 Å². The van der Waals surface area contributed by atoms with E-state index in [1.54, 1.807) is 35.4 Å². The predicted octanol–water partition coefficient (Wildman–Crippen LogP) is 23.6. The predicted molar refractivity (Wildman–Crippen MR) is 409 cm³/mol. The summed E-state index contributed by atoms with van der Waals surface area (Å²) < 4.78 is 52.5. The molecule has 1 saturated carbocycles. The van der Waals surface area contributed by atoms with Gasteiger partial charge in [0.1, 0.15) is 45.3 Å². The number of hydrogen-bond donors (Lipinski definition) is 0. The molecule has 12 aromatic rings. The average Bonchev–Trinajstić information content (AvgIpc) is 0.858. The van der Waals surface area contributed by atoms with Crippen molar-refractivity contribution in [2.24, 2.45) is 11.8 Å². The van der Waals surface area contributed by atoms with Gasteiger partial charge in [0.25, 0.3) is 0 Å². The van der Waals surface area contributed by atoms with Gasteiger partial charge in [-0.3, -0.25) is 0 Å². The summed E-state index contributed by atoms with van der Waals surface area (Å²) in [5.41, 5.74) is 16.2. The van der Waals surface area contributed by atoms with E-state index in [1.807, 2.05) is 121 Å². The Labute approximate surface area is 572 Å². The molecule has 2 aromatic heterocycles. The van der Waals surface area contributed by atoms with Gasteiger partial charge >= 0.3 is 16.5 Å². The molecule has 10 aromatic carbocycles. The van der Waals surface area contributed by atoms with Crippen molar-refractivity contribution in [3.8, 4) is 34.1 Å². The van der Waals surface area contributed by atoms with Crippen LogP contribution >= 0.6 is 32.3 Å². The monoisotopic (exact) mass is 1350 g/mol. The van der Waals surface area contributed by atoms with Gasteiger partial charge in [-0.2, -0.15) is 0 Å². The number of fused-ring (bicyclic) bond motifs is 6. The van der Waals surface area contributed by atoms with Crippen LogP contribution in [0.4, 0.5) is 0 Å². The third kappa shape index (κ3) is 15.4. The summed E-state index contributed by atoms with van der Waals surface area (Å²) >= 11 is 0. The molecule has 0 unspecified atom stereocenters. The number of hydrogen-bond acceptors (Lipinski definition) is 8. The molecule has 0 saturated heterocycles. The van der Waals surface area contributed by atoms with Crippen molar-refractivity contribution in [3.05, 3.63) is 250 Å². The molecule has 8 nitrogen and oxygen atoms in total. The lowest BCUT2D eigenvalue weighted by Crippen LogP contribution is -2.35. The van der Waals surface area contributed by atoms with Crippen molar-refractivity contribution in [3.63, 3.8) is 0 Å². The third-order valence-electron chi connectivity index (χ3n) is 18.1. The highest BCUT2D eigenvalue weighted by Crippen LogP contribution is 2.55. The van der Waals surface area contributed by atoms with Crippen LogP contribution in [-0.4, -0.2) is 26.5 Å². The average molecular weight is 1350 g/mol. The highest BCUT2D eigenvalue weighted by molar-refractivity contribution is 7.73. The van der Waals surface area contributed by atoms with E-state index in [4.69, 9.17) is 35.3 Å². The van der Waals surface area contributed by atoms with Crippen LogP contribution in [0.15, 0.2) is 211 Å². The maximum absolute atomic E-state index is 7.06. The first-order chi connectivity index (χ1) is 45.9. The lowest BCUT2D eigenvalue weighted by molar-refractivity contribution is 0.228. The molecule has 1 aliphatic rings. The summed E-state index contributed by atoms with van der Waals surface area (Å²) in [7, 11) is -1.48. The van der Waals surface area contributed by atoms with E-state index in [2.05, 4.69) is 170 Å². The summed E-state index contributed by atoms with van der Waals surface area (Å²) in [5, 5.41) is 9.96. The molecule has 0 amide bonds. The molecule has 0 radical (unpaired) electrons. The first-order valence-corrected chi connectivity index (χ1v) is 38.6. The van der Waals surface area contributed by atoms with E-state index < -0.39 is 27.3 Å². The highest BCUT2D eigenvalue weighted by Gasteiger charge is 2.37. The number of methoxy groups -OCH3 is 2. The third-order valence-corrected chi connectivity index (χ3v) is 25.4. The smallest absolute Gasteiger partial charge is 0.453 e. The molecular formula is C84H90O8P4. The van der Waals surface area contributed by atoms with Gasteiger partial charge in [0.05, 0.1) is 14.2 Å². The Morgan fingerprint density at radius 1 is 0.354 bits per heavy atom. The molecule has 494 valence electrons. The molecule has 1 aliphatic carbocycles. The molecule has 0 bridgehead atoms. The lowest BCUT2D eigenvalue weighted by atomic mass is 9.76. The molecule has 13 rings (SSSR count). The van der Waals surface area contributed by atoms with Gasteiger partial charge in [0.2, 0.25) is 0 Å². The molecule has 0 N–H and O–H groups in total. The van der Waals surface area contributed by atoms with E-state index in [9.17, 15) is 0 Å². The van der Waals surface area contributed by atoms with Crippen LogP contribution in [0.25, 0.3) is 55.0 Å². The fourth-order valence-corrected chi connectivity index (χ4v) is 22.0. The Bertz CT molecular complexity index is 4320. The zero-order valence-electron chi connectivity index (χ0n) is 58.5. The largest absolute Gasteiger partial charge is 0.497 e. The second kappa shape index (κ2) is 28.6. The first kappa shape index (κ1) is 68.0. The SMILES string of the molecule is COc1cc(-c2cc(OC)cc(C(C)(C)C)c2Op2oc3ccccc3c3ccccc3o2)c(Op2oc3ccccc3c3ccccc3o2)c(C(C)(C)C)c1.Cc1cc(C)cc(P(C[C@@H]2CC[C@H]2CP(c2cc(C)cc(C)c2)c2cc(C)cc(C)c2)c2cc(C)cc(C)c2)c1. The number of aryl methyl sites for hydroxylation is 8. The van der Waals surface area contributed by atoms with Crippen molar-refractivity contribution in [2.75, 3.05) is 26.5 Å². The van der Waals surface area contributed by atoms with E-state index in [-0.39, 0.29) is 15.8 Å². The minimum atomic E-state index is -2.02. The number of benzene rings is 10. The van der Waals surface area contributed by atoms with Crippen molar-refractivity contribution in [1.82, 2.24) is 0 Å². The van der Waals surface area contributed by atoms with Crippen LogP contribution in [0.5, 0.6) is 23.0 Å². The molecule has 12 heteroatoms. The molecule has 2 heterocycles. The normalized spacial score (nSPS) is 14.0. The molecule has 1 fully saturated rings. The van der Waals surface area contributed by atoms with Gasteiger partial charge < -0.3 is 35.3 Å². The first-order valence-electron chi connectivity index (χ1n) is 33.3.